The van der Waals surface area contributed by atoms with Crippen LogP contribution in [0.5, 0.6) is 5.88 Å². The molecule has 1 heterocycles. The third-order valence-corrected chi connectivity index (χ3v) is 4.70. The van der Waals surface area contributed by atoms with E-state index in [0.29, 0.717) is 23.3 Å². The molecule has 0 radical (unpaired) electrons. The van der Waals surface area contributed by atoms with E-state index in [-0.39, 0.29) is 17.5 Å². The van der Waals surface area contributed by atoms with Crippen LogP contribution in [0.15, 0.2) is 42.6 Å². The quantitative estimate of drug-likeness (QED) is 0.539. The topological polar surface area (TPSA) is 88.5 Å². The monoisotopic (exact) mass is 414 g/mol. The van der Waals surface area contributed by atoms with Crippen molar-refractivity contribution < 1.29 is 28.2 Å². The van der Waals surface area contributed by atoms with Gasteiger partial charge in [-0.2, -0.15) is 0 Å². The lowest BCUT2D eigenvalue weighted by molar-refractivity contribution is 0.103. The van der Waals surface area contributed by atoms with E-state index >= 15 is 0 Å². The van der Waals surface area contributed by atoms with Crippen LogP contribution < -0.4 is 10.1 Å². The predicted molar refractivity (Wildman–Crippen MR) is 107 cm³/mol. The molecule has 0 saturated carbocycles. The van der Waals surface area contributed by atoms with Crippen molar-refractivity contribution >= 4 is 22.6 Å². The maximum atomic E-state index is 14.8. The molecular weight excluding hydrogens is 394 g/mol. The van der Waals surface area contributed by atoms with E-state index in [2.05, 4.69) is 10.3 Å². The Hall–Kier alpha value is -3.55. The third kappa shape index (κ3) is 4.07. The first-order valence-corrected chi connectivity index (χ1v) is 9.40. The SMILES string of the molecule is CCOc1nccc2c(C(=O)c3c(F)cc([C@@H](CC)NC(=O)O)cc3F)cccc12. The largest absolute Gasteiger partial charge is 0.478 e. The minimum Gasteiger partial charge on any atom is -0.478 e. The molecule has 0 unspecified atom stereocenters. The highest BCUT2D eigenvalue weighted by atomic mass is 19.1. The number of nitrogens with one attached hydrogen (secondary N) is 1. The van der Waals surface area contributed by atoms with Gasteiger partial charge in [-0.25, -0.2) is 18.6 Å². The lowest BCUT2D eigenvalue weighted by atomic mass is 9.95. The fraction of sp³-hybridized carbons (Fsp3) is 0.227. The molecule has 1 amide bonds. The van der Waals surface area contributed by atoms with Crippen molar-refractivity contribution in [3.05, 3.63) is 70.9 Å². The molecule has 0 bridgehead atoms. The van der Waals surface area contributed by atoms with Gasteiger partial charge in [0.15, 0.2) is 5.78 Å². The second kappa shape index (κ2) is 8.86. The normalized spacial score (nSPS) is 11.9. The molecule has 2 N–H and O–H groups in total. The highest BCUT2D eigenvalue weighted by Gasteiger charge is 2.24. The Balaban J connectivity index is 2.08. The molecule has 3 aromatic rings. The third-order valence-electron chi connectivity index (χ3n) is 4.70. The summed E-state index contributed by atoms with van der Waals surface area (Å²) in [4.78, 5) is 28.1. The van der Waals surface area contributed by atoms with Gasteiger partial charge in [0.25, 0.3) is 0 Å². The van der Waals surface area contributed by atoms with Gasteiger partial charge < -0.3 is 15.2 Å². The Bertz CT molecular complexity index is 1090. The Labute approximate surface area is 171 Å². The Morgan fingerprint density at radius 1 is 1.13 bits per heavy atom. The number of aromatic nitrogens is 1. The number of halogens is 2. The number of pyridine rings is 1. The number of fused-ring (bicyclic) bond motifs is 1. The Morgan fingerprint density at radius 2 is 1.83 bits per heavy atom. The molecular formula is C22H20F2N2O4. The molecule has 0 fully saturated rings. The molecule has 0 aliphatic carbocycles. The minimum atomic E-state index is -1.31. The highest BCUT2D eigenvalue weighted by molar-refractivity contribution is 6.17. The maximum absolute atomic E-state index is 14.8. The van der Waals surface area contributed by atoms with Crippen LogP contribution >= 0.6 is 0 Å². The van der Waals surface area contributed by atoms with Gasteiger partial charge in [0.05, 0.1) is 18.2 Å². The number of amides is 1. The second-order valence-corrected chi connectivity index (χ2v) is 6.55. The van der Waals surface area contributed by atoms with Crippen LogP contribution in [-0.2, 0) is 0 Å². The summed E-state index contributed by atoms with van der Waals surface area (Å²) in [6.45, 7) is 3.85. The van der Waals surface area contributed by atoms with Gasteiger partial charge in [0.1, 0.15) is 11.6 Å². The highest BCUT2D eigenvalue weighted by Crippen LogP contribution is 2.30. The van der Waals surface area contributed by atoms with Gasteiger partial charge in [0, 0.05) is 17.1 Å². The number of rotatable bonds is 7. The number of carbonyl (C=O) groups excluding carboxylic acids is 1. The van der Waals surface area contributed by atoms with Crippen LogP contribution in [0.25, 0.3) is 10.8 Å². The first-order valence-electron chi connectivity index (χ1n) is 9.40. The molecule has 3 rings (SSSR count). The van der Waals surface area contributed by atoms with E-state index in [0.717, 1.165) is 12.1 Å². The van der Waals surface area contributed by atoms with Crippen molar-refractivity contribution in [2.75, 3.05) is 6.61 Å². The van der Waals surface area contributed by atoms with Crippen LogP contribution in [0.2, 0.25) is 0 Å². The number of carbonyl (C=O) groups is 2. The number of hydrogen-bond acceptors (Lipinski definition) is 4. The Kier molecular flexibility index (Phi) is 6.25. The van der Waals surface area contributed by atoms with Gasteiger partial charge in [0.2, 0.25) is 5.88 Å². The van der Waals surface area contributed by atoms with Crippen LogP contribution in [0.3, 0.4) is 0 Å². The average Bonchev–Trinajstić information content (AvgIpc) is 2.71. The van der Waals surface area contributed by atoms with Gasteiger partial charge in [-0.3, -0.25) is 4.79 Å². The number of hydrogen-bond donors (Lipinski definition) is 2. The summed E-state index contributed by atoms with van der Waals surface area (Å²) in [7, 11) is 0. The van der Waals surface area contributed by atoms with Crippen LogP contribution in [0.4, 0.5) is 13.6 Å². The van der Waals surface area contributed by atoms with Crippen molar-refractivity contribution in [3.63, 3.8) is 0 Å². The summed E-state index contributed by atoms with van der Waals surface area (Å²) in [5.74, 6) is -2.62. The van der Waals surface area contributed by atoms with Crippen LogP contribution in [0.1, 0.15) is 47.8 Å². The minimum absolute atomic E-state index is 0.104. The summed E-state index contributed by atoms with van der Waals surface area (Å²) in [6, 6.07) is 7.54. The number of ether oxygens (including phenoxy) is 1. The molecule has 156 valence electrons. The smallest absolute Gasteiger partial charge is 0.405 e. The predicted octanol–water partition coefficient (Wildman–Crippen LogP) is 4.86. The zero-order valence-electron chi connectivity index (χ0n) is 16.4. The first kappa shape index (κ1) is 21.2. The molecule has 6 nitrogen and oxygen atoms in total. The molecule has 1 aromatic heterocycles. The summed E-state index contributed by atoms with van der Waals surface area (Å²) in [5, 5.41) is 12.1. The number of benzene rings is 2. The van der Waals surface area contributed by atoms with E-state index in [1.807, 2.05) is 0 Å². The molecule has 0 aliphatic heterocycles. The van der Waals surface area contributed by atoms with E-state index in [9.17, 15) is 18.4 Å². The van der Waals surface area contributed by atoms with Crippen molar-refractivity contribution in [1.29, 1.82) is 0 Å². The summed E-state index contributed by atoms with van der Waals surface area (Å²) >= 11 is 0. The van der Waals surface area contributed by atoms with Crippen molar-refractivity contribution in [2.45, 2.75) is 26.3 Å². The molecule has 2 aromatic carbocycles. The van der Waals surface area contributed by atoms with Gasteiger partial charge in [-0.1, -0.05) is 19.1 Å². The fourth-order valence-corrected chi connectivity index (χ4v) is 3.35. The molecule has 30 heavy (non-hydrogen) atoms. The molecule has 1 atom stereocenters. The average molecular weight is 414 g/mol. The number of ketones is 1. The van der Waals surface area contributed by atoms with Crippen molar-refractivity contribution in [2.24, 2.45) is 0 Å². The summed E-state index contributed by atoms with van der Waals surface area (Å²) in [6.07, 6.45) is 0.440. The van der Waals surface area contributed by atoms with E-state index in [1.165, 1.54) is 12.3 Å². The molecule has 0 aliphatic rings. The second-order valence-electron chi connectivity index (χ2n) is 6.55. The summed E-state index contributed by atoms with van der Waals surface area (Å²) in [5.41, 5.74) is -0.490. The van der Waals surface area contributed by atoms with E-state index in [1.54, 1.807) is 32.0 Å². The van der Waals surface area contributed by atoms with Gasteiger partial charge in [-0.15, -0.1) is 0 Å². The Morgan fingerprint density at radius 3 is 2.43 bits per heavy atom. The number of nitrogens with zero attached hydrogens (tertiary/aromatic N) is 1. The standard InChI is InChI=1S/C22H20F2N2O4/c1-3-18(26-22(28)29)12-10-16(23)19(17(24)11-12)20(27)14-6-5-7-15-13(14)8-9-25-21(15)30-4-2/h5-11,18,26H,3-4H2,1-2H3,(H,28,29)/t18-/m1/s1. The van der Waals surface area contributed by atoms with Crippen LogP contribution in [-0.4, -0.2) is 28.6 Å². The zero-order chi connectivity index (χ0) is 21.8. The maximum Gasteiger partial charge on any atom is 0.405 e. The zero-order valence-corrected chi connectivity index (χ0v) is 16.4. The van der Waals surface area contributed by atoms with Crippen molar-refractivity contribution in [1.82, 2.24) is 10.3 Å². The lowest BCUT2D eigenvalue weighted by Gasteiger charge is -2.17. The van der Waals surface area contributed by atoms with E-state index < -0.39 is 35.1 Å². The first-order chi connectivity index (χ1) is 14.4. The molecule has 0 saturated heterocycles. The van der Waals surface area contributed by atoms with Crippen molar-refractivity contribution in [3.8, 4) is 5.88 Å². The lowest BCUT2D eigenvalue weighted by Crippen LogP contribution is -2.26. The van der Waals surface area contributed by atoms with E-state index in [4.69, 9.17) is 9.84 Å². The fourth-order valence-electron chi connectivity index (χ4n) is 3.35. The molecule has 0 spiro atoms. The number of carboxylic acid groups (broad SMARTS) is 1. The van der Waals surface area contributed by atoms with Gasteiger partial charge in [-0.05, 0) is 48.6 Å². The van der Waals surface area contributed by atoms with Crippen LogP contribution in [0, 0.1) is 11.6 Å². The molecule has 8 heteroatoms. The van der Waals surface area contributed by atoms with Gasteiger partial charge >= 0.3 is 6.09 Å². The summed E-state index contributed by atoms with van der Waals surface area (Å²) < 4.78 is 35.1.